The molecule has 0 aliphatic rings. The summed E-state index contributed by atoms with van der Waals surface area (Å²) in [6, 6.07) is 4.29. The number of halogens is 2. The normalized spacial score (nSPS) is 12.2. The molecule has 0 amide bonds. The van der Waals surface area contributed by atoms with Crippen LogP contribution in [0.25, 0.3) is 0 Å². The fourth-order valence-corrected chi connectivity index (χ4v) is 2.33. The lowest BCUT2D eigenvalue weighted by Gasteiger charge is -2.15. The Labute approximate surface area is 114 Å². The molecular formula is C11H13Cl2NO2S. The molecule has 0 bridgehead atoms. The molecule has 1 rings (SSSR count). The predicted molar refractivity (Wildman–Crippen MR) is 74.5 cm³/mol. The molecule has 0 aromatic heterocycles. The molecule has 1 atom stereocenters. The van der Waals surface area contributed by atoms with E-state index in [1.165, 1.54) is 0 Å². The second kappa shape index (κ2) is 6.99. The zero-order valence-corrected chi connectivity index (χ0v) is 11.6. The Morgan fingerprint density at radius 3 is 2.47 bits per heavy atom. The van der Waals surface area contributed by atoms with Gasteiger partial charge in [0.2, 0.25) is 0 Å². The third-order valence-electron chi connectivity index (χ3n) is 2.11. The lowest BCUT2D eigenvalue weighted by molar-refractivity contribution is -0.137. The molecule has 0 saturated carbocycles. The van der Waals surface area contributed by atoms with Gasteiger partial charge in [0.15, 0.2) is 0 Å². The summed E-state index contributed by atoms with van der Waals surface area (Å²) in [5.41, 5.74) is 0.621. The van der Waals surface area contributed by atoms with Crippen molar-refractivity contribution in [3.8, 4) is 0 Å². The van der Waals surface area contributed by atoms with E-state index >= 15 is 0 Å². The van der Waals surface area contributed by atoms with E-state index < -0.39 is 12.0 Å². The summed E-state index contributed by atoms with van der Waals surface area (Å²) < 4.78 is 0. The quantitative estimate of drug-likeness (QED) is 0.841. The van der Waals surface area contributed by atoms with Crippen molar-refractivity contribution in [3.63, 3.8) is 0 Å². The summed E-state index contributed by atoms with van der Waals surface area (Å²) in [4.78, 5) is 11.0. The van der Waals surface area contributed by atoms with Gasteiger partial charge < -0.3 is 10.4 Å². The van der Waals surface area contributed by atoms with Crippen LogP contribution in [0.3, 0.4) is 0 Å². The lowest BCUT2D eigenvalue weighted by atomic mass is 10.2. The van der Waals surface area contributed by atoms with E-state index in [0.717, 1.165) is 5.75 Å². The average molecular weight is 294 g/mol. The third kappa shape index (κ3) is 5.06. The predicted octanol–water partition coefficient (Wildman–Crippen LogP) is 3.61. The molecule has 3 nitrogen and oxygen atoms in total. The number of rotatable bonds is 6. The topological polar surface area (TPSA) is 49.3 Å². The van der Waals surface area contributed by atoms with Crippen LogP contribution in [0.1, 0.15) is 6.42 Å². The van der Waals surface area contributed by atoms with Gasteiger partial charge in [0.05, 0.1) is 0 Å². The highest BCUT2D eigenvalue weighted by molar-refractivity contribution is 7.98. The Morgan fingerprint density at radius 1 is 1.41 bits per heavy atom. The maximum Gasteiger partial charge on any atom is 0.326 e. The molecule has 94 valence electrons. The summed E-state index contributed by atoms with van der Waals surface area (Å²) in [5.74, 6) is -0.103. The summed E-state index contributed by atoms with van der Waals surface area (Å²) >= 11 is 13.3. The summed E-state index contributed by atoms with van der Waals surface area (Å²) in [7, 11) is 0. The van der Waals surface area contributed by atoms with Crippen molar-refractivity contribution < 1.29 is 9.90 Å². The highest BCUT2D eigenvalue weighted by Crippen LogP contribution is 2.23. The van der Waals surface area contributed by atoms with Crippen molar-refractivity contribution in [2.75, 3.05) is 17.3 Å². The van der Waals surface area contributed by atoms with Crippen molar-refractivity contribution in [2.24, 2.45) is 0 Å². The number of thioether (sulfide) groups is 1. The fourth-order valence-electron chi connectivity index (χ4n) is 1.33. The Hall–Kier alpha value is -0.580. The molecule has 0 fully saturated rings. The van der Waals surface area contributed by atoms with Crippen LogP contribution < -0.4 is 5.32 Å². The van der Waals surface area contributed by atoms with Gasteiger partial charge in [-0.15, -0.1) is 0 Å². The Morgan fingerprint density at radius 2 is 2.00 bits per heavy atom. The van der Waals surface area contributed by atoms with Crippen LogP contribution >= 0.6 is 35.0 Å². The zero-order chi connectivity index (χ0) is 12.8. The summed E-state index contributed by atoms with van der Waals surface area (Å²) in [6.07, 6.45) is 2.48. The monoisotopic (exact) mass is 293 g/mol. The first-order valence-corrected chi connectivity index (χ1v) is 7.12. The van der Waals surface area contributed by atoms with E-state index in [1.54, 1.807) is 30.0 Å². The van der Waals surface area contributed by atoms with Crippen molar-refractivity contribution in [3.05, 3.63) is 28.2 Å². The first kappa shape index (κ1) is 14.5. The van der Waals surface area contributed by atoms with Crippen LogP contribution in [0.4, 0.5) is 5.69 Å². The van der Waals surface area contributed by atoms with Gasteiger partial charge in [0.1, 0.15) is 6.04 Å². The van der Waals surface area contributed by atoms with Crippen LogP contribution in [0.15, 0.2) is 18.2 Å². The minimum absolute atomic E-state index is 0.481. The van der Waals surface area contributed by atoms with Crippen molar-refractivity contribution in [1.29, 1.82) is 0 Å². The number of benzene rings is 1. The van der Waals surface area contributed by atoms with Gasteiger partial charge in [0, 0.05) is 15.7 Å². The first-order valence-electron chi connectivity index (χ1n) is 4.97. The fraction of sp³-hybridized carbons (Fsp3) is 0.364. The number of carboxylic acid groups (broad SMARTS) is 1. The number of carbonyl (C=O) groups is 1. The minimum Gasteiger partial charge on any atom is -0.480 e. The SMILES string of the molecule is CSCC[C@@H](Nc1cc(Cl)cc(Cl)c1)C(=O)O. The molecule has 0 saturated heterocycles. The zero-order valence-electron chi connectivity index (χ0n) is 9.24. The largest absolute Gasteiger partial charge is 0.480 e. The van der Waals surface area contributed by atoms with Crippen molar-refractivity contribution >= 4 is 46.6 Å². The number of hydrogen-bond acceptors (Lipinski definition) is 3. The van der Waals surface area contributed by atoms with Gasteiger partial charge >= 0.3 is 5.97 Å². The van der Waals surface area contributed by atoms with E-state index in [0.29, 0.717) is 22.2 Å². The van der Waals surface area contributed by atoms with Crippen LogP contribution in [0.5, 0.6) is 0 Å². The van der Waals surface area contributed by atoms with Gasteiger partial charge in [-0.05, 0) is 36.6 Å². The molecule has 1 aromatic carbocycles. The lowest BCUT2D eigenvalue weighted by Crippen LogP contribution is -2.29. The third-order valence-corrected chi connectivity index (χ3v) is 3.19. The molecule has 0 spiro atoms. The molecule has 0 aliphatic carbocycles. The van der Waals surface area contributed by atoms with Gasteiger partial charge in [0.25, 0.3) is 0 Å². The van der Waals surface area contributed by atoms with E-state index in [1.807, 2.05) is 6.26 Å². The minimum atomic E-state index is -0.879. The van der Waals surface area contributed by atoms with Crippen LogP contribution in [0, 0.1) is 0 Å². The number of aliphatic carboxylic acids is 1. The number of nitrogens with one attached hydrogen (secondary N) is 1. The number of hydrogen-bond donors (Lipinski definition) is 2. The van der Waals surface area contributed by atoms with Crippen molar-refractivity contribution in [1.82, 2.24) is 0 Å². The van der Waals surface area contributed by atoms with E-state index in [-0.39, 0.29) is 0 Å². The maximum absolute atomic E-state index is 11.0. The molecule has 1 aromatic rings. The molecule has 2 N–H and O–H groups in total. The van der Waals surface area contributed by atoms with Crippen LogP contribution in [-0.4, -0.2) is 29.1 Å². The highest BCUT2D eigenvalue weighted by Gasteiger charge is 2.16. The van der Waals surface area contributed by atoms with Gasteiger partial charge in [-0.25, -0.2) is 4.79 Å². The Kier molecular flexibility index (Phi) is 5.95. The smallest absolute Gasteiger partial charge is 0.326 e. The second-order valence-corrected chi connectivity index (χ2v) is 5.33. The van der Waals surface area contributed by atoms with Crippen LogP contribution in [-0.2, 0) is 4.79 Å². The second-order valence-electron chi connectivity index (χ2n) is 3.47. The van der Waals surface area contributed by atoms with Gasteiger partial charge in [-0.2, -0.15) is 11.8 Å². The van der Waals surface area contributed by atoms with E-state index in [4.69, 9.17) is 28.3 Å². The van der Waals surface area contributed by atoms with Gasteiger partial charge in [-0.3, -0.25) is 0 Å². The number of anilines is 1. The molecular weight excluding hydrogens is 281 g/mol. The molecule has 0 heterocycles. The van der Waals surface area contributed by atoms with Crippen molar-refractivity contribution in [2.45, 2.75) is 12.5 Å². The van der Waals surface area contributed by atoms with E-state index in [9.17, 15) is 4.79 Å². The Balaban J connectivity index is 2.74. The maximum atomic E-state index is 11.0. The summed E-state index contributed by atoms with van der Waals surface area (Å²) in [5, 5.41) is 12.9. The van der Waals surface area contributed by atoms with Gasteiger partial charge in [-0.1, -0.05) is 23.2 Å². The molecule has 0 unspecified atom stereocenters. The molecule has 0 aliphatic heterocycles. The first-order chi connectivity index (χ1) is 8.02. The Bertz CT molecular complexity index is 381. The molecule has 6 heteroatoms. The average Bonchev–Trinajstić information content (AvgIpc) is 2.22. The standard InChI is InChI=1S/C11H13Cl2NO2S/c1-17-3-2-10(11(15)16)14-9-5-7(12)4-8(13)6-9/h4-6,10,14H,2-3H2,1H3,(H,15,16)/t10-/m1/s1. The van der Waals surface area contributed by atoms with Crippen LogP contribution in [0.2, 0.25) is 10.0 Å². The molecule has 17 heavy (non-hydrogen) atoms. The highest BCUT2D eigenvalue weighted by atomic mass is 35.5. The molecule has 0 radical (unpaired) electrons. The summed E-state index contributed by atoms with van der Waals surface area (Å²) in [6.45, 7) is 0. The van der Waals surface area contributed by atoms with E-state index in [2.05, 4.69) is 5.32 Å². The number of carboxylic acids is 1.